The van der Waals surface area contributed by atoms with Crippen molar-refractivity contribution in [3.63, 3.8) is 0 Å². The van der Waals surface area contributed by atoms with Gasteiger partial charge in [0.25, 0.3) is 0 Å². The average Bonchev–Trinajstić information content (AvgIpc) is 2.75. The highest BCUT2D eigenvalue weighted by Crippen LogP contribution is 2.10. The predicted octanol–water partition coefficient (Wildman–Crippen LogP) is 0.436. The maximum absolute atomic E-state index is 12.6. The normalized spacial score (nSPS) is 21.9. The molecule has 1 aliphatic heterocycles. The van der Waals surface area contributed by atoms with Gasteiger partial charge in [-0.15, -0.1) is 0 Å². The van der Waals surface area contributed by atoms with E-state index in [4.69, 9.17) is 0 Å². The van der Waals surface area contributed by atoms with Crippen LogP contribution in [-0.4, -0.2) is 70.1 Å². The molecule has 112 valence electrons. The first-order valence-electron chi connectivity index (χ1n) is 7.40. The summed E-state index contributed by atoms with van der Waals surface area (Å²) in [5.74, 6) is 1.03. The van der Waals surface area contributed by atoms with Gasteiger partial charge < -0.3 is 4.90 Å². The lowest BCUT2D eigenvalue weighted by Gasteiger charge is -2.26. The van der Waals surface area contributed by atoms with E-state index in [1.807, 2.05) is 11.7 Å². The van der Waals surface area contributed by atoms with E-state index in [9.17, 15) is 4.79 Å². The highest BCUT2D eigenvalue weighted by molar-refractivity contribution is 5.85. The Morgan fingerprint density at radius 2 is 2.20 bits per heavy atom. The number of rotatable bonds is 5. The average molecular weight is 279 g/mol. The lowest BCUT2D eigenvalue weighted by molar-refractivity contribution is -0.123. The summed E-state index contributed by atoms with van der Waals surface area (Å²) in [4.78, 5) is 21.2. The van der Waals surface area contributed by atoms with Crippen molar-refractivity contribution in [2.75, 3.05) is 33.7 Å². The van der Waals surface area contributed by atoms with Gasteiger partial charge in [0.1, 0.15) is 12.2 Å². The fraction of sp³-hybridized carbons (Fsp3) is 0.786. The van der Waals surface area contributed by atoms with Crippen LogP contribution in [-0.2, 0) is 17.8 Å². The smallest absolute Gasteiger partial charge is 0.158 e. The Kier molecular flexibility index (Phi) is 5.25. The molecule has 6 heteroatoms. The molecule has 1 aromatic heterocycles. The highest BCUT2D eigenvalue weighted by atomic mass is 16.1. The lowest BCUT2D eigenvalue weighted by atomic mass is 10.1. The summed E-state index contributed by atoms with van der Waals surface area (Å²) < 4.78 is 1.85. The third-order valence-corrected chi connectivity index (χ3v) is 3.90. The van der Waals surface area contributed by atoms with E-state index in [1.165, 1.54) is 0 Å². The molecular weight excluding hydrogens is 254 g/mol. The molecule has 0 aromatic carbocycles. The fourth-order valence-electron chi connectivity index (χ4n) is 2.72. The van der Waals surface area contributed by atoms with Crippen molar-refractivity contribution < 1.29 is 4.79 Å². The lowest BCUT2D eigenvalue weighted by Crippen LogP contribution is -2.44. The number of likely N-dealkylation sites (N-methyl/N-ethyl adjacent to an activating group) is 2. The fourth-order valence-corrected chi connectivity index (χ4v) is 2.72. The van der Waals surface area contributed by atoms with Crippen LogP contribution < -0.4 is 0 Å². The summed E-state index contributed by atoms with van der Waals surface area (Å²) in [6.45, 7) is 5.75. The van der Waals surface area contributed by atoms with Crippen molar-refractivity contribution in [2.45, 2.75) is 38.8 Å². The number of Topliss-reactive ketones (excluding diaryl/α,β-unsaturated/α-hetero) is 1. The largest absolute Gasteiger partial charge is 0.304 e. The van der Waals surface area contributed by atoms with Crippen LogP contribution >= 0.6 is 0 Å². The maximum Gasteiger partial charge on any atom is 0.158 e. The molecule has 0 N–H and O–H groups in total. The summed E-state index contributed by atoms with van der Waals surface area (Å²) in [6, 6.07) is -0.0331. The van der Waals surface area contributed by atoms with Crippen LogP contribution in [0.2, 0.25) is 0 Å². The van der Waals surface area contributed by atoms with Gasteiger partial charge in [-0.3, -0.25) is 9.69 Å². The number of ketones is 1. The standard InChI is InChI=1S/C14H25N5O/c1-4-6-19-14(15-11-16-19)9-13(20)12-10-17(2)7-5-8-18(12)3/h11-12H,4-10H2,1-3H3. The minimum Gasteiger partial charge on any atom is -0.304 e. The Bertz CT molecular complexity index is 445. The van der Waals surface area contributed by atoms with Crippen LogP contribution in [0.5, 0.6) is 0 Å². The van der Waals surface area contributed by atoms with Crippen LogP contribution in [0.1, 0.15) is 25.6 Å². The van der Waals surface area contributed by atoms with Crippen LogP contribution in [0.25, 0.3) is 0 Å². The first-order valence-corrected chi connectivity index (χ1v) is 7.40. The van der Waals surface area contributed by atoms with Crippen molar-refractivity contribution >= 4 is 5.78 Å². The van der Waals surface area contributed by atoms with Gasteiger partial charge >= 0.3 is 0 Å². The number of hydrogen-bond acceptors (Lipinski definition) is 5. The number of carbonyl (C=O) groups is 1. The zero-order chi connectivity index (χ0) is 14.5. The van der Waals surface area contributed by atoms with Crippen molar-refractivity contribution in [3.05, 3.63) is 12.2 Å². The summed E-state index contributed by atoms with van der Waals surface area (Å²) in [7, 11) is 4.12. The second-order valence-electron chi connectivity index (χ2n) is 5.65. The Balaban J connectivity index is 2.04. The molecular formula is C14H25N5O. The van der Waals surface area contributed by atoms with E-state index in [2.05, 4.69) is 33.9 Å². The topological polar surface area (TPSA) is 54.3 Å². The van der Waals surface area contributed by atoms with Gasteiger partial charge in [0.15, 0.2) is 5.78 Å². The third-order valence-electron chi connectivity index (χ3n) is 3.90. The molecule has 1 unspecified atom stereocenters. The molecule has 6 nitrogen and oxygen atoms in total. The predicted molar refractivity (Wildman–Crippen MR) is 77.6 cm³/mol. The molecule has 1 saturated heterocycles. The van der Waals surface area contributed by atoms with Crippen LogP contribution in [0.15, 0.2) is 6.33 Å². The molecule has 0 bridgehead atoms. The van der Waals surface area contributed by atoms with Gasteiger partial charge in [-0.2, -0.15) is 5.10 Å². The molecule has 20 heavy (non-hydrogen) atoms. The molecule has 2 heterocycles. The minimum atomic E-state index is -0.0331. The molecule has 1 aliphatic rings. The Morgan fingerprint density at radius 3 is 2.95 bits per heavy atom. The highest BCUT2D eigenvalue weighted by Gasteiger charge is 2.27. The monoisotopic (exact) mass is 279 g/mol. The summed E-state index contributed by atoms with van der Waals surface area (Å²) in [5, 5.41) is 4.19. The Labute approximate surface area is 120 Å². The van der Waals surface area contributed by atoms with E-state index >= 15 is 0 Å². The van der Waals surface area contributed by atoms with Crippen molar-refractivity contribution in [3.8, 4) is 0 Å². The first-order chi connectivity index (χ1) is 9.61. The molecule has 1 atom stereocenters. The zero-order valence-electron chi connectivity index (χ0n) is 12.7. The van der Waals surface area contributed by atoms with Gasteiger partial charge in [0.05, 0.1) is 12.5 Å². The van der Waals surface area contributed by atoms with E-state index < -0.39 is 0 Å². The maximum atomic E-state index is 12.6. The molecule has 0 saturated carbocycles. The van der Waals surface area contributed by atoms with Gasteiger partial charge in [0, 0.05) is 13.1 Å². The van der Waals surface area contributed by atoms with Crippen molar-refractivity contribution in [2.24, 2.45) is 0 Å². The first kappa shape index (κ1) is 15.1. The molecule has 2 rings (SSSR count). The van der Waals surface area contributed by atoms with Crippen LogP contribution in [0.3, 0.4) is 0 Å². The molecule has 1 fully saturated rings. The molecule has 0 radical (unpaired) electrons. The number of aromatic nitrogens is 3. The number of hydrogen-bond donors (Lipinski definition) is 0. The molecule has 1 aromatic rings. The Morgan fingerprint density at radius 1 is 1.40 bits per heavy atom. The van der Waals surface area contributed by atoms with Gasteiger partial charge in [-0.05, 0) is 40.0 Å². The van der Waals surface area contributed by atoms with Gasteiger partial charge in [0.2, 0.25) is 0 Å². The van der Waals surface area contributed by atoms with Crippen molar-refractivity contribution in [1.29, 1.82) is 0 Å². The number of aryl methyl sites for hydroxylation is 1. The zero-order valence-corrected chi connectivity index (χ0v) is 12.7. The quantitative estimate of drug-likeness (QED) is 0.782. The van der Waals surface area contributed by atoms with E-state index in [1.54, 1.807) is 6.33 Å². The Hall–Kier alpha value is -1.27. The molecule has 0 aliphatic carbocycles. The summed E-state index contributed by atoms with van der Waals surface area (Å²) in [5.41, 5.74) is 0. The van der Waals surface area contributed by atoms with E-state index in [0.717, 1.165) is 44.8 Å². The van der Waals surface area contributed by atoms with E-state index in [0.29, 0.717) is 6.42 Å². The summed E-state index contributed by atoms with van der Waals surface area (Å²) in [6.07, 6.45) is 4.03. The molecule has 0 spiro atoms. The van der Waals surface area contributed by atoms with Gasteiger partial charge in [-0.25, -0.2) is 9.67 Å². The van der Waals surface area contributed by atoms with Gasteiger partial charge in [-0.1, -0.05) is 6.92 Å². The summed E-state index contributed by atoms with van der Waals surface area (Å²) >= 11 is 0. The van der Waals surface area contributed by atoms with Crippen LogP contribution in [0.4, 0.5) is 0 Å². The number of nitrogens with zero attached hydrogens (tertiary/aromatic N) is 5. The third kappa shape index (κ3) is 3.64. The van der Waals surface area contributed by atoms with E-state index in [-0.39, 0.29) is 11.8 Å². The SMILES string of the molecule is CCCn1ncnc1CC(=O)C1CN(C)CCCN1C. The number of carbonyl (C=O) groups excluding carboxylic acids is 1. The van der Waals surface area contributed by atoms with Crippen molar-refractivity contribution in [1.82, 2.24) is 24.6 Å². The second-order valence-corrected chi connectivity index (χ2v) is 5.65. The second kappa shape index (κ2) is 6.95. The van der Waals surface area contributed by atoms with Crippen LogP contribution in [0, 0.1) is 0 Å². The minimum absolute atomic E-state index is 0.0331. The molecule has 0 amide bonds.